The molecule has 2 aliphatic rings. The van der Waals surface area contributed by atoms with E-state index >= 15 is 0 Å². The van der Waals surface area contributed by atoms with Crippen LogP contribution in [0.5, 0.6) is 0 Å². The number of hydrogen-bond acceptors (Lipinski definition) is 2. The Labute approximate surface area is 350 Å². The third-order valence-electron chi connectivity index (χ3n) is 12.5. The summed E-state index contributed by atoms with van der Waals surface area (Å²) in [6.45, 7) is 13.6. The molecule has 0 saturated carbocycles. The number of nitrogens with zero attached hydrogens (tertiary/aromatic N) is 2. The van der Waals surface area contributed by atoms with Gasteiger partial charge < -0.3 is 9.80 Å². The van der Waals surface area contributed by atoms with E-state index in [4.69, 9.17) is 0 Å². The molecular formula is C56H49BN2. The molecule has 2 nitrogen and oxygen atoms in total. The second-order valence-electron chi connectivity index (χ2n) is 17.2. The Morgan fingerprint density at radius 2 is 0.898 bits per heavy atom. The zero-order valence-electron chi connectivity index (χ0n) is 34.9. The van der Waals surface area contributed by atoms with Crippen molar-refractivity contribution in [2.75, 3.05) is 9.80 Å². The van der Waals surface area contributed by atoms with Crippen molar-refractivity contribution in [3.8, 4) is 33.4 Å². The Morgan fingerprint density at radius 3 is 1.49 bits per heavy atom. The molecule has 0 saturated heterocycles. The molecule has 0 N–H and O–H groups in total. The molecular weight excluding hydrogens is 711 g/mol. The van der Waals surface area contributed by atoms with Gasteiger partial charge in [0.15, 0.2) is 0 Å². The summed E-state index contributed by atoms with van der Waals surface area (Å²) in [7, 11) is 0. The standard InChI is InChI=1S/C56H49BN2/c1-36(2)40-21-25-48(26-22-40)58-53-35-45(43-19-17-38(5)18-20-43)23-27-50(53)57-51-34-44(37(3)4)24-28-52(51)59(55-30-39(6)29-54(58)56(55)57)49-32-46(41-13-9-7-10-14-41)31-47(33-49)42-15-11-8-12-16-42/h7-37H,1-6H3. The minimum atomic E-state index is 0.0460. The molecule has 10 rings (SSSR count). The van der Waals surface area contributed by atoms with Crippen LogP contribution in [0.4, 0.5) is 34.1 Å². The van der Waals surface area contributed by atoms with Crippen LogP contribution in [0.15, 0.2) is 176 Å². The maximum absolute atomic E-state index is 2.56. The van der Waals surface area contributed by atoms with Crippen LogP contribution in [0.25, 0.3) is 33.4 Å². The van der Waals surface area contributed by atoms with E-state index in [9.17, 15) is 0 Å². The first-order valence-corrected chi connectivity index (χ1v) is 21.2. The highest BCUT2D eigenvalue weighted by molar-refractivity contribution is 7.00. The molecule has 286 valence electrons. The van der Waals surface area contributed by atoms with Crippen molar-refractivity contribution in [2.45, 2.75) is 53.4 Å². The molecule has 59 heavy (non-hydrogen) atoms. The highest BCUT2D eigenvalue weighted by atomic mass is 15.2. The Kier molecular flexibility index (Phi) is 9.13. The van der Waals surface area contributed by atoms with Crippen LogP contribution in [-0.4, -0.2) is 6.71 Å². The first kappa shape index (κ1) is 36.7. The van der Waals surface area contributed by atoms with Crippen molar-refractivity contribution in [3.63, 3.8) is 0 Å². The normalized spacial score (nSPS) is 12.8. The van der Waals surface area contributed by atoms with Gasteiger partial charge in [0.1, 0.15) is 0 Å². The van der Waals surface area contributed by atoms with Crippen LogP contribution < -0.4 is 26.2 Å². The predicted molar refractivity (Wildman–Crippen MR) is 254 cm³/mol. The van der Waals surface area contributed by atoms with Crippen molar-refractivity contribution < 1.29 is 0 Å². The van der Waals surface area contributed by atoms with Crippen LogP contribution in [0.2, 0.25) is 0 Å². The molecule has 0 aromatic heterocycles. The molecule has 0 bridgehead atoms. The van der Waals surface area contributed by atoms with Crippen molar-refractivity contribution in [3.05, 3.63) is 198 Å². The predicted octanol–water partition coefficient (Wildman–Crippen LogP) is 13.6. The Balaban J connectivity index is 1.27. The summed E-state index contributed by atoms with van der Waals surface area (Å²) >= 11 is 0. The van der Waals surface area contributed by atoms with Crippen molar-refractivity contribution >= 4 is 57.2 Å². The van der Waals surface area contributed by atoms with E-state index in [0.29, 0.717) is 11.8 Å². The molecule has 0 spiro atoms. The second kappa shape index (κ2) is 14.7. The number of hydrogen-bond donors (Lipinski definition) is 0. The van der Waals surface area contributed by atoms with Crippen molar-refractivity contribution in [1.29, 1.82) is 0 Å². The quantitative estimate of drug-likeness (QED) is 0.149. The summed E-state index contributed by atoms with van der Waals surface area (Å²) in [5.41, 5.74) is 23.8. The van der Waals surface area contributed by atoms with Gasteiger partial charge in [-0.25, -0.2) is 0 Å². The third kappa shape index (κ3) is 6.46. The zero-order chi connectivity index (χ0) is 40.4. The van der Waals surface area contributed by atoms with Gasteiger partial charge >= 0.3 is 0 Å². The van der Waals surface area contributed by atoms with Crippen LogP contribution in [0.3, 0.4) is 0 Å². The van der Waals surface area contributed by atoms with Gasteiger partial charge in [-0.2, -0.15) is 0 Å². The zero-order valence-corrected chi connectivity index (χ0v) is 34.9. The van der Waals surface area contributed by atoms with E-state index in [2.05, 4.69) is 227 Å². The van der Waals surface area contributed by atoms with Crippen molar-refractivity contribution in [1.82, 2.24) is 0 Å². The van der Waals surface area contributed by atoms with Gasteiger partial charge in [-0.3, -0.25) is 0 Å². The number of rotatable bonds is 7. The second-order valence-corrected chi connectivity index (χ2v) is 17.2. The fraction of sp³-hybridized carbons (Fsp3) is 0.143. The molecule has 0 atom stereocenters. The molecule has 0 fully saturated rings. The number of benzene rings is 8. The maximum Gasteiger partial charge on any atom is 0.252 e. The van der Waals surface area contributed by atoms with Gasteiger partial charge in [0.25, 0.3) is 6.71 Å². The van der Waals surface area contributed by atoms with E-state index < -0.39 is 0 Å². The number of aryl methyl sites for hydroxylation is 2. The van der Waals surface area contributed by atoms with Gasteiger partial charge in [-0.1, -0.05) is 155 Å². The summed E-state index contributed by atoms with van der Waals surface area (Å²) in [6.07, 6.45) is 0. The Bertz CT molecular complexity index is 2780. The van der Waals surface area contributed by atoms with E-state index in [1.54, 1.807) is 0 Å². The highest BCUT2D eigenvalue weighted by Gasteiger charge is 2.43. The molecule has 8 aromatic rings. The van der Waals surface area contributed by atoms with E-state index in [1.807, 2.05) is 0 Å². The van der Waals surface area contributed by atoms with Crippen molar-refractivity contribution in [2.24, 2.45) is 0 Å². The first-order valence-electron chi connectivity index (χ1n) is 21.2. The summed E-state index contributed by atoms with van der Waals surface area (Å²) in [4.78, 5) is 5.11. The van der Waals surface area contributed by atoms with Crippen LogP contribution in [0.1, 0.15) is 61.8 Å². The number of fused-ring (bicyclic) bond motifs is 4. The summed E-state index contributed by atoms with van der Waals surface area (Å²) in [5.74, 6) is 0.844. The average Bonchev–Trinajstić information content (AvgIpc) is 3.26. The Morgan fingerprint density at radius 1 is 0.356 bits per heavy atom. The minimum Gasteiger partial charge on any atom is -0.311 e. The molecule has 0 radical (unpaired) electrons. The topological polar surface area (TPSA) is 6.48 Å². The van der Waals surface area contributed by atoms with E-state index in [-0.39, 0.29) is 6.71 Å². The highest BCUT2D eigenvalue weighted by Crippen LogP contribution is 2.47. The summed E-state index contributed by atoms with van der Waals surface area (Å²) < 4.78 is 0. The molecule has 0 amide bonds. The van der Waals surface area contributed by atoms with Gasteiger partial charge in [-0.05, 0) is 147 Å². The average molecular weight is 761 g/mol. The number of anilines is 6. The van der Waals surface area contributed by atoms with Gasteiger partial charge in [-0.15, -0.1) is 0 Å². The lowest BCUT2D eigenvalue weighted by Crippen LogP contribution is -2.61. The third-order valence-corrected chi connectivity index (χ3v) is 12.5. The molecule has 0 aliphatic carbocycles. The summed E-state index contributed by atoms with van der Waals surface area (Å²) in [5, 5.41) is 0. The first-order chi connectivity index (χ1) is 28.7. The van der Waals surface area contributed by atoms with E-state index in [0.717, 1.165) is 5.69 Å². The van der Waals surface area contributed by atoms with Crippen LogP contribution in [-0.2, 0) is 0 Å². The Hall–Kier alpha value is -6.58. The van der Waals surface area contributed by atoms with Gasteiger partial charge in [0, 0.05) is 34.1 Å². The molecule has 8 aromatic carbocycles. The molecule has 0 unspecified atom stereocenters. The van der Waals surface area contributed by atoms with Gasteiger partial charge in [0.05, 0.1) is 0 Å². The molecule has 2 heterocycles. The lowest BCUT2D eigenvalue weighted by molar-refractivity contribution is 0.866. The minimum absolute atomic E-state index is 0.0460. The largest absolute Gasteiger partial charge is 0.311 e. The molecule has 2 aliphatic heterocycles. The van der Waals surface area contributed by atoms with E-state index in [1.165, 1.54) is 100 Å². The maximum atomic E-state index is 2.56. The summed E-state index contributed by atoms with van der Waals surface area (Å²) in [6, 6.07) is 66.3. The lowest BCUT2D eigenvalue weighted by atomic mass is 9.33. The fourth-order valence-corrected chi connectivity index (χ4v) is 9.34. The monoisotopic (exact) mass is 760 g/mol. The smallest absolute Gasteiger partial charge is 0.252 e. The van der Waals surface area contributed by atoms with Crippen LogP contribution >= 0.6 is 0 Å². The van der Waals surface area contributed by atoms with Gasteiger partial charge in [0.2, 0.25) is 0 Å². The fourth-order valence-electron chi connectivity index (χ4n) is 9.34. The molecule has 3 heteroatoms. The SMILES string of the molecule is Cc1ccc(-c2ccc3c(c2)N(c2ccc(C(C)C)cc2)c2cc(C)cc4c2B3c2cc(C(C)C)ccc2N4c2cc(-c3ccccc3)cc(-c3ccccc3)c2)cc1. The van der Waals surface area contributed by atoms with Crippen LogP contribution in [0, 0.1) is 13.8 Å². The lowest BCUT2D eigenvalue weighted by Gasteiger charge is -2.45.